The Morgan fingerprint density at radius 1 is 0.850 bits per heavy atom. The molecule has 2 aliphatic carbocycles. The average Bonchev–Trinajstić information content (AvgIpc) is 3.28. The highest BCUT2D eigenvalue weighted by atomic mass is 16.3. The van der Waals surface area contributed by atoms with E-state index in [0.717, 1.165) is 18.4 Å². The number of likely N-dealkylation sites (tertiary alicyclic amines) is 1. The van der Waals surface area contributed by atoms with Gasteiger partial charge in [0.25, 0.3) is 0 Å². The van der Waals surface area contributed by atoms with Gasteiger partial charge in [0, 0.05) is 19.1 Å². The molecule has 3 rings (SSSR count). The van der Waals surface area contributed by atoms with Crippen molar-refractivity contribution < 1.29 is 15.3 Å². The first kappa shape index (κ1) is 14.8. The van der Waals surface area contributed by atoms with Gasteiger partial charge in [0.15, 0.2) is 0 Å². The zero-order chi connectivity index (χ0) is 14.1. The first-order valence-corrected chi connectivity index (χ1v) is 8.38. The van der Waals surface area contributed by atoms with E-state index in [2.05, 4.69) is 4.90 Å². The van der Waals surface area contributed by atoms with Crippen LogP contribution in [0.3, 0.4) is 0 Å². The minimum absolute atomic E-state index is 0.0227. The van der Waals surface area contributed by atoms with E-state index in [1.54, 1.807) is 0 Å². The Labute approximate surface area is 121 Å². The second kappa shape index (κ2) is 6.30. The lowest BCUT2D eigenvalue weighted by Gasteiger charge is -2.42. The van der Waals surface area contributed by atoms with Gasteiger partial charge in [-0.15, -0.1) is 0 Å². The molecule has 1 heterocycles. The number of rotatable bonds is 4. The molecular weight excluding hydrogens is 254 g/mol. The average molecular weight is 283 g/mol. The molecule has 1 unspecified atom stereocenters. The summed E-state index contributed by atoms with van der Waals surface area (Å²) in [4.78, 5) is 2.21. The fourth-order valence-corrected chi connectivity index (χ4v) is 4.25. The second-order valence-corrected chi connectivity index (χ2v) is 7.28. The third-order valence-electron chi connectivity index (χ3n) is 5.78. The molecule has 116 valence electrons. The molecule has 0 amide bonds. The van der Waals surface area contributed by atoms with Crippen molar-refractivity contribution in [2.45, 2.75) is 63.2 Å². The van der Waals surface area contributed by atoms with Gasteiger partial charge >= 0.3 is 0 Å². The summed E-state index contributed by atoms with van der Waals surface area (Å²) in [6, 6.07) is 0.0227. The summed E-state index contributed by atoms with van der Waals surface area (Å²) in [6.45, 7) is 1.57. The zero-order valence-electron chi connectivity index (χ0n) is 12.3. The molecular formula is C16H29NO3. The molecule has 0 aromatic rings. The van der Waals surface area contributed by atoms with Crippen LogP contribution in [0.25, 0.3) is 0 Å². The van der Waals surface area contributed by atoms with E-state index in [1.165, 1.54) is 38.5 Å². The summed E-state index contributed by atoms with van der Waals surface area (Å²) in [5.74, 6) is 2.73. The van der Waals surface area contributed by atoms with Crippen molar-refractivity contribution in [2.24, 2.45) is 17.8 Å². The number of hydrogen-bond acceptors (Lipinski definition) is 4. The van der Waals surface area contributed by atoms with Crippen LogP contribution in [0.5, 0.6) is 0 Å². The normalized spacial score (nSPS) is 43.6. The minimum atomic E-state index is -0.672. The molecule has 3 fully saturated rings. The lowest BCUT2D eigenvalue weighted by atomic mass is 9.79. The van der Waals surface area contributed by atoms with Gasteiger partial charge in [-0.1, -0.05) is 0 Å². The smallest absolute Gasteiger partial charge is 0.0926 e. The highest BCUT2D eigenvalue weighted by Gasteiger charge is 2.37. The van der Waals surface area contributed by atoms with Crippen molar-refractivity contribution >= 4 is 0 Å². The van der Waals surface area contributed by atoms with Crippen LogP contribution in [-0.4, -0.2) is 58.2 Å². The summed E-state index contributed by atoms with van der Waals surface area (Å²) in [7, 11) is 0. The molecule has 0 aromatic carbocycles. The highest BCUT2D eigenvalue weighted by molar-refractivity contribution is 4.90. The summed E-state index contributed by atoms with van der Waals surface area (Å²) in [6.07, 6.45) is 7.43. The maximum atomic E-state index is 9.84. The van der Waals surface area contributed by atoms with Gasteiger partial charge in [0.2, 0.25) is 0 Å². The quantitative estimate of drug-likeness (QED) is 0.720. The standard InChI is InChI=1S/C16H29NO3/c18-10-14-7-15(19)16(20)9-17(14)8-11-1-3-12(4-2-11)13-5-6-13/h11-16,18-20H,1-10H2/t11?,12?,14-,15?,16+/m1/s1. The van der Waals surface area contributed by atoms with Gasteiger partial charge in [-0.2, -0.15) is 0 Å². The lowest BCUT2D eigenvalue weighted by molar-refractivity contribution is -0.0760. The first-order chi connectivity index (χ1) is 9.67. The molecule has 3 aliphatic rings. The zero-order valence-corrected chi connectivity index (χ0v) is 12.3. The van der Waals surface area contributed by atoms with Crippen LogP contribution in [0.1, 0.15) is 44.9 Å². The molecule has 0 bridgehead atoms. The van der Waals surface area contributed by atoms with Gasteiger partial charge < -0.3 is 15.3 Å². The van der Waals surface area contributed by atoms with Crippen molar-refractivity contribution in [3.63, 3.8) is 0 Å². The Morgan fingerprint density at radius 2 is 1.45 bits per heavy atom. The highest BCUT2D eigenvalue weighted by Crippen LogP contribution is 2.45. The third-order valence-corrected chi connectivity index (χ3v) is 5.78. The van der Waals surface area contributed by atoms with Gasteiger partial charge in [-0.25, -0.2) is 0 Å². The predicted molar refractivity (Wildman–Crippen MR) is 77.2 cm³/mol. The maximum Gasteiger partial charge on any atom is 0.0926 e. The van der Waals surface area contributed by atoms with Gasteiger partial charge in [-0.05, 0) is 62.7 Å². The van der Waals surface area contributed by atoms with E-state index in [0.29, 0.717) is 18.9 Å². The number of β-amino-alcohol motifs (C(OH)–C–C–N with tert-alkyl or cyclic N) is 1. The SMILES string of the molecule is OC[C@H]1CC(O)[C@@H](O)CN1CC1CCC(C2CC2)CC1. The van der Waals surface area contributed by atoms with Crippen LogP contribution in [0.2, 0.25) is 0 Å². The van der Waals surface area contributed by atoms with Gasteiger partial charge in [-0.3, -0.25) is 4.90 Å². The Hall–Kier alpha value is -0.160. The van der Waals surface area contributed by atoms with E-state index in [-0.39, 0.29) is 12.6 Å². The Bertz CT molecular complexity index is 313. The van der Waals surface area contributed by atoms with Crippen LogP contribution in [0, 0.1) is 17.8 Å². The Balaban J connectivity index is 1.48. The molecule has 3 N–H and O–H groups in total. The fourth-order valence-electron chi connectivity index (χ4n) is 4.25. The first-order valence-electron chi connectivity index (χ1n) is 8.38. The molecule has 4 heteroatoms. The number of nitrogens with zero attached hydrogens (tertiary/aromatic N) is 1. The van der Waals surface area contributed by atoms with E-state index < -0.39 is 12.2 Å². The van der Waals surface area contributed by atoms with Gasteiger partial charge in [0.05, 0.1) is 18.8 Å². The summed E-state index contributed by atoms with van der Waals surface area (Å²) in [5, 5.41) is 29.0. The summed E-state index contributed by atoms with van der Waals surface area (Å²) >= 11 is 0. The topological polar surface area (TPSA) is 63.9 Å². The number of piperidine rings is 1. The fraction of sp³-hybridized carbons (Fsp3) is 1.00. The van der Waals surface area contributed by atoms with E-state index in [9.17, 15) is 15.3 Å². The largest absolute Gasteiger partial charge is 0.395 e. The van der Waals surface area contributed by atoms with E-state index in [4.69, 9.17) is 0 Å². The Kier molecular flexibility index (Phi) is 4.65. The molecule has 1 saturated heterocycles. The van der Waals surface area contributed by atoms with Crippen molar-refractivity contribution in [3.8, 4) is 0 Å². The van der Waals surface area contributed by atoms with Crippen LogP contribution in [0.4, 0.5) is 0 Å². The third kappa shape index (κ3) is 3.35. The van der Waals surface area contributed by atoms with Crippen molar-refractivity contribution in [3.05, 3.63) is 0 Å². The molecule has 1 aliphatic heterocycles. The molecule has 2 saturated carbocycles. The molecule has 4 nitrogen and oxygen atoms in total. The summed E-state index contributed by atoms with van der Waals surface area (Å²) < 4.78 is 0. The van der Waals surface area contributed by atoms with E-state index >= 15 is 0 Å². The molecule has 0 radical (unpaired) electrons. The summed E-state index contributed by atoms with van der Waals surface area (Å²) in [5.41, 5.74) is 0. The molecule has 0 spiro atoms. The number of aliphatic hydroxyl groups is 3. The van der Waals surface area contributed by atoms with Crippen LogP contribution in [-0.2, 0) is 0 Å². The Morgan fingerprint density at radius 3 is 2.00 bits per heavy atom. The second-order valence-electron chi connectivity index (χ2n) is 7.28. The molecule has 20 heavy (non-hydrogen) atoms. The molecule has 0 aromatic heterocycles. The molecule has 3 atom stereocenters. The van der Waals surface area contributed by atoms with Crippen LogP contribution in [0.15, 0.2) is 0 Å². The van der Waals surface area contributed by atoms with Crippen LogP contribution < -0.4 is 0 Å². The van der Waals surface area contributed by atoms with Gasteiger partial charge in [0.1, 0.15) is 0 Å². The number of aliphatic hydroxyl groups excluding tert-OH is 3. The van der Waals surface area contributed by atoms with Crippen molar-refractivity contribution in [2.75, 3.05) is 19.7 Å². The van der Waals surface area contributed by atoms with Crippen molar-refractivity contribution in [1.82, 2.24) is 4.90 Å². The predicted octanol–water partition coefficient (Wildman–Crippen LogP) is 0.991. The minimum Gasteiger partial charge on any atom is -0.395 e. The number of hydrogen-bond donors (Lipinski definition) is 3. The lowest BCUT2D eigenvalue weighted by Crippen LogP contribution is -2.54. The monoisotopic (exact) mass is 283 g/mol. The maximum absolute atomic E-state index is 9.84. The van der Waals surface area contributed by atoms with Crippen molar-refractivity contribution in [1.29, 1.82) is 0 Å². The van der Waals surface area contributed by atoms with Crippen LogP contribution >= 0.6 is 0 Å². The van der Waals surface area contributed by atoms with E-state index in [1.807, 2.05) is 0 Å².